The van der Waals surface area contributed by atoms with E-state index in [0.29, 0.717) is 17.1 Å². The molecule has 1 aliphatic rings. The Hall–Kier alpha value is -2.76. The van der Waals surface area contributed by atoms with Gasteiger partial charge in [-0.3, -0.25) is 4.79 Å². The van der Waals surface area contributed by atoms with Crippen molar-refractivity contribution in [1.82, 2.24) is 0 Å². The highest BCUT2D eigenvalue weighted by Crippen LogP contribution is 2.46. The lowest BCUT2D eigenvalue weighted by Crippen LogP contribution is -2.36. The van der Waals surface area contributed by atoms with E-state index in [-0.39, 0.29) is 5.57 Å². The van der Waals surface area contributed by atoms with Gasteiger partial charge in [0.1, 0.15) is 0 Å². The maximum Gasteiger partial charge on any atom is 0.332 e. The SMILES string of the molecule is COc1ccc(C2C(C(=O)O)=CC=CC2(C)C(=O)O)cc1OC. The molecule has 2 unspecified atom stereocenters. The average molecular weight is 318 g/mol. The fraction of sp³-hybridized carbons (Fsp3) is 0.294. The molecule has 6 nitrogen and oxygen atoms in total. The van der Waals surface area contributed by atoms with Crippen molar-refractivity contribution in [2.75, 3.05) is 14.2 Å². The number of hydrogen-bond donors (Lipinski definition) is 2. The second-order valence-corrected chi connectivity index (χ2v) is 5.42. The minimum atomic E-state index is -1.37. The van der Waals surface area contributed by atoms with Crippen molar-refractivity contribution < 1.29 is 29.3 Å². The lowest BCUT2D eigenvalue weighted by Gasteiger charge is -2.34. The Kier molecular flexibility index (Phi) is 4.45. The Morgan fingerprint density at radius 3 is 2.30 bits per heavy atom. The molecule has 2 atom stereocenters. The first-order valence-corrected chi connectivity index (χ1v) is 6.93. The van der Waals surface area contributed by atoms with Crippen LogP contribution in [-0.4, -0.2) is 36.4 Å². The molecule has 0 spiro atoms. The molecule has 2 N–H and O–H groups in total. The molecule has 0 aliphatic heterocycles. The van der Waals surface area contributed by atoms with Gasteiger partial charge in [-0.25, -0.2) is 4.79 Å². The second-order valence-electron chi connectivity index (χ2n) is 5.42. The third-order valence-corrected chi connectivity index (χ3v) is 4.08. The zero-order valence-electron chi connectivity index (χ0n) is 13.1. The summed E-state index contributed by atoms with van der Waals surface area (Å²) >= 11 is 0. The summed E-state index contributed by atoms with van der Waals surface area (Å²) in [5.41, 5.74) is -0.822. The van der Waals surface area contributed by atoms with Gasteiger partial charge in [0, 0.05) is 11.5 Å². The highest BCUT2D eigenvalue weighted by Gasteiger charge is 2.45. The van der Waals surface area contributed by atoms with Crippen LogP contribution in [0.25, 0.3) is 0 Å². The van der Waals surface area contributed by atoms with E-state index in [4.69, 9.17) is 9.47 Å². The normalized spacial score (nSPS) is 23.1. The van der Waals surface area contributed by atoms with Crippen molar-refractivity contribution >= 4 is 11.9 Å². The molecule has 122 valence electrons. The molecule has 6 heteroatoms. The number of carboxylic acids is 2. The summed E-state index contributed by atoms with van der Waals surface area (Å²) in [6.07, 6.45) is 4.40. The van der Waals surface area contributed by atoms with Crippen LogP contribution in [0.15, 0.2) is 42.0 Å². The predicted octanol–water partition coefficient (Wildman–Crippen LogP) is 2.46. The third-order valence-electron chi connectivity index (χ3n) is 4.08. The summed E-state index contributed by atoms with van der Waals surface area (Å²) in [7, 11) is 2.96. The number of carbonyl (C=O) groups is 2. The summed E-state index contributed by atoms with van der Waals surface area (Å²) in [4.78, 5) is 23.4. The molecule has 0 saturated heterocycles. The van der Waals surface area contributed by atoms with Crippen LogP contribution < -0.4 is 9.47 Å². The van der Waals surface area contributed by atoms with E-state index in [1.54, 1.807) is 18.2 Å². The minimum Gasteiger partial charge on any atom is -0.493 e. The first-order chi connectivity index (χ1) is 10.8. The van der Waals surface area contributed by atoms with Crippen molar-refractivity contribution in [2.24, 2.45) is 5.41 Å². The Bertz CT molecular complexity index is 703. The molecular formula is C17H18O6. The van der Waals surface area contributed by atoms with Crippen molar-refractivity contribution in [3.63, 3.8) is 0 Å². The smallest absolute Gasteiger partial charge is 0.332 e. The topological polar surface area (TPSA) is 93.1 Å². The summed E-state index contributed by atoms with van der Waals surface area (Å²) in [6.45, 7) is 1.50. The van der Waals surface area contributed by atoms with Gasteiger partial charge >= 0.3 is 11.9 Å². The van der Waals surface area contributed by atoms with E-state index < -0.39 is 23.3 Å². The maximum atomic E-state index is 11.8. The van der Waals surface area contributed by atoms with Crippen molar-refractivity contribution in [2.45, 2.75) is 12.8 Å². The van der Waals surface area contributed by atoms with Gasteiger partial charge in [0.05, 0.1) is 19.6 Å². The number of aliphatic carboxylic acids is 2. The molecule has 2 rings (SSSR count). The fourth-order valence-corrected chi connectivity index (χ4v) is 2.81. The van der Waals surface area contributed by atoms with Crippen LogP contribution >= 0.6 is 0 Å². The van der Waals surface area contributed by atoms with Gasteiger partial charge in [-0.05, 0) is 24.6 Å². The number of allylic oxidation sites excluding steroid dienone is 2. The van der Waals surface area contributed by atoms with Crippen LogP contribution in [0.4, 0.5) is 0 Å². The first kappa shape index (κ1) is 16.6. The highest BCUT2D eigenvalue weighted by molar-refractivity contribution is 5.93. The van der Waals surface area contributed by atoms with Crippen LogP contribution in [0, 0.1) is 5.41 Å². The van der Waals surface area contributed by atoms with E-state index in [9.17, 15) is 19.8 Å². The monoisotopic (exact) mass is 318 g/mol. The van der Waals surface area contributed by atoms with Gasteiger partial charge < -0.3 is 19.7 Å². The summed E-state index contributed by atoms with van der Waals surface area (Å²) in [5.74, 6) is -2.19. The molecule has 1 aromatic rings. The number of hydrogen-bond acceptors (Lipinski definition) is 4. The van der Waals surface area contributed by atoms with Crippen LogP contribution in [0.3, 0.4) is 0 Å². The van der Waals surface area contributed by atoms with Crippen LogP contribution in [0.5, 0.6) is 11.5 Å². The van der Waals surface area contributed by atoms with E-state index in [2.05, 4.69) is 0 Å². The van der Waals surface area contributed by atoms with Crippen LogP contribution in [0.1, 0.15) is 18.4 Å². The number of benzene rings is 1. The molecule has 0 radical (unpaired) electrons. The van der Waals surface area contributed by atoms with Gasteiger partial charge in [-0.2, -0.15) is 0 Å². The summed E-state index contributed by atoms with van der Waals surface area (Å²) < 4.78 is 10.4. The lowest BCUT2D eigenvalue weighted by atomic mass is 9.67. The number of carboxylic acid groups (broad SMARTS) is 2. The standard InChI is InChI=1S/C17H18O6/c1-17(16(20)21)8-4-5-11(15(18)19)14(17)10-6-7-12(22-2)13(9-10)23-3/h4-9,14H,1-3H3,(H,18,19)(H,20,21). The third kappa shape index (κ3) is 2.79. The Morgan fingerprint density at radius 1 is 1.13 bits per heavy atom. The van der Waals surface area contributed by atoms with Gasteiger partial charge in [0.25, 0.3) is 0 Å². The van der Waals surface area contributed by atoms with Crippen LogP contribution in [0.2, 0.25) is 0 Å². The molecule has 0 fully saturated rings. The Labute approximate surface area is 133 Å². The largest absolute Gasteiger partial charge is 0.493 e. The van der Waals surface area contributed by atoms with Gasteiger partial charge in [0.2, 0.25) is 0 Å². The quantitative estimate of drug-likeness (QED) is 0.866. The fourth-order valence-electron chi connectivity index (χ4n) is 2.81. The van der Waals surface area contributed by atoms with Crippen molar-refractivity contribution in [3.05, 3.63) is 47.6 Å². The lowest BCUT2D eigenvalue weighted by molar-refractivity contribution is -0.146. The van der Waals surface area contributed by atoms with Gasteiger partial charge in [-0.1, -0.05) is 24.3 Å². The van der Waals surface area contributed by atoms with Gasteiger partial charge in [-0.15, -0.1) is 0 Å². The zero-order chi connectivity index (χ0) is 17.2. The van der Waals surface area contributed by atoms with Crippen LogP contribution in [-0.2, 0) is 9.59 Å². The second kappa shape index (κ2) is 6.16. The van der Waals surface area contributed by atoms with E-state index in [1.807, 2.05) is 0 Å². The highest BCUT2D eigenvalue weighted by atomic mass is 16.5. The number of methoxy groups -OCH3 is 2. The number of rotatable bonds is 5. The minimum absolute atomic E-state index is 0.0182. The predicted molar refractivity (Wildman–Crippen MR) is 82.9 cm³/mol. The first-order valence-electron chi connectivity index (χ1n) is 6.93. The molecule has 0 saturated carbocycles. The molecule has 0 aromatic heterocycles. The average Bonchev–Trinajstić information content (AvgIpc) is 2.53. The number of ether oxygens (including phenoxy) is 2. The van der Waals surface area contributed by atoms with Crippen molar-refractivity contribution in [3.8, 4) is 11.5 Å². The Balaban J connectivity index is 2.64. The molecule has 0 amide bonds. The summed E-state index contributed by atoms with van der Waals surface area (Å²) in [6, 6.07) is 4.90. The van der Waals surface area contributed by atoms with Crippen molar-refractivity contribution in [1.29, 1.82) is 0 Å². The molecule has 1 aliphatic carbocycles. The zero-order valence-corrected chi connectivity index (χ0v) is 13.1. The molecule has 0 bridgehead atoms. The maximum absolute atomic E-state index is 11.8. The van der Waals surface area contributed by atoms with Gasteiger partial charge in [0.15, 0.2) is 11.5 Å². The molecular weight excluding hydrogens is 300 g/mol. The van der Waals surface area contributed by atoms with E-state index in [0.717, 1.165) is 0 Å². The molecule has 23 heavy (non-hydrogen) atoms. The molecule has 0 heterocycles. The Morgan fingerprint density at radius 2 is 1.78 bits per heavy atom. The molecule has 1 aromatic carbocycles. The van der Waals surface area contributed by atoms with E-state index in [1.165, 1.54) is 39.4 Å². The van der Waals surface area contributed by atoms with E-state index >= 15 is 0 Å². The summed E-state index contributed by atoms with van der Waals surface area (Å²) in [5, 5.41) is 19.1.